The van der Waals surface area contributed by atoms with Crippen molar-refractivity contribution >= 4 is 105 Å². The quantitative estimate of drug-likeness (QED) is 0.0479. The fraction of sp³-hybridized carbons (Fsp3) is 0.204. The summed E-state index contributed by atoms with van der Waals surface area (Å²) in [6.07, 6.45) is 21.7. The Labute approximate surface area is 502 Å². The largest absolute Gasteiger partial charge is 0.741 e. The predicted octanol–water partition coefficient (Wildman–Crippen LogP) is 8.18. The average molecular weight is 1350 g/mol. The Hall–Kier alpha value is -8.19. The molecule has 19 nitrogen and oxygen atoms in total. The van der Waals surface area contributed by atoms with Gasteiger partial charge in [0.25, 0.3) is 0 Å². The second kappa shape index (κ2) is 31.8. The van der Waals surface area contributed by atoms with Gasteiger partial charge in [0.2, 0.25) is 16.7 Å². The summed E-state index contributed by atoms with van der Waals surface area (Å²) in [6.45, 7) is 2.12. The minimum atomic E-state index is -6.09. The van der Waals surface area contributed by atoms with E-state index in [9.17, 15) is 57.5 Å². The highest BCUT2D eigenvalue weighted by molar-refractivity contribution is 7.87. The van der Waals surface area contributed by atoms with Gasteiger partial charge in [-0.05, 0) is 77.9 Å². The van der Waals surface area contributed by atoms with Crippen molar-refractivity contribution in [2.45, 2.75) is 29.0 Å². The van der Waals surface area contributed by atoms with Gasteiger partial charge in [0.05, 0.1) is 5.69 Å². The topological polar surface area (TPSA) is 271 Å². The molecule has 0 saturated heterocycles. The van der Waals surface area contributed by atoms with E-state index in [1.54, 1.807) is 0 Å². The third-order valence-electron chi connectivity index (χ3n) is 11.4. The molecule has 89 heavy (non-hydrogen) atoms. The molecule has 0 atom stereocenters. The van der Waals surface area contributed by atoms with Crippen LogP contribution in [-0.4, -0.2) is 89.3 Å². The summed E-state index contributed by atoms with van der Waals surface area (Å²) >= 11 is 0. The number of aromatic nitrogens is 6. The third-order valence-corrected chi connectivity index (χ3v) is 13.7. The van der Waals surface area contributed by atoms with Crippen LogP contribution in [0.1, 0.15) is 50.1 Å². The van der Waals surface area contributed by atoms with E-state index in [0.29, 0.717) is 5.69 Å². The molecule has 0 fully saturated rings. The first kappa shape index (κ1) is 76.9. The van der Waals surface area contributed by atoms with E-state index in [0.717, 1.165) is 17.5 Å². The minimum Gasteiger partial charge on any atom is -0.741 e. The highest BCUT2D eigenvalue weighted by Gasteiger charge is 2.39. The summed E-state index contributed by atoms with van der Waals surface area (Å²) in [7, 11) is -12.2. The van der Waals surface area contributed by atoms with Crippen LogP contribution in [0.25, 0.3) is 58.3 Å². The molecule has 0 N–H and O–H groups in total. The van der Waals surface area contributed by atoms with Crippen molar-refractivity contribution in [2.75, 3.05) is 0 Å². The smallest absolute Gasteiger partial charge is 0.485 e. The Morgan fingerprint density at radius 1 is 0.382 bits per heavy atom. The lowest BCUT2D eigenvalue weighted by molar-refractivity contribution is -0.671. The van der Waals surface area contributed by atoms with Crippen LogP contribution in [0.4, 0.5) is 52.7 Å². The lowest BCUT2D eigenvalue weighted by Crippen LogP contribution is -2.32. The summed E-state index contributed by atoms with van der Waals surface area (Å²) < 4.78 is 248. The van der Waals surface area contributed by atoms with Crippen LogP contribution in [0.3, 0.4) is 0 Å². The third kappa shape index (κ3) is 25.1. The maximum Gasteiger partial charge on any atom is 0.485 e. The molecule has 0 aliphatic rings. The van der Waals surface area contributed by atoms with Crippen LogP contribution in [0, 0.1) is 6.92 Å². The van der Waals surface area contributed by atoms with Gasteiger partial charge in [-0.2, -0.15) is 61.8 Å². The Morgan fingerprint density at radius 2 is 0.663 bits per heavy atom. The van der Waals surface area contributed by atoms with Crippen LogP contribution < -0.4 is 18.3 Å². The molecule has 8 aromatic rings. The number of hydrogen-bond acceptors (Lipinski definition) is 13. The van der Waals surface area contributed by atoms with E-state index < -0.39 is 62.5 Å². The van der Waals surface area contributed by atoms with Crippen LogP contribution in [0.2, 0.25) is 0 Å². The summed E-state index contributed by atoms with van der Waals surface area (Å²) in [5.41, 5.74) is -11.2. The zero-order valence-electron chi connectivity index (χ0n) is 47.1. The van der Waals surface area contributed by atoms with Gasteiger partial charge in [0, 0.05) is 103 Å². The minimum absolute atomic E-state index is 0.684. The van der Waals surface area contributed by atoms with Gasteiger partial charge in [0.1, 0.15) is 28.2 Å². The van der Waals surface area contributed by atoms with Gasteiger partial charge >= 0.3 is 22.0 Å². The zero-order chi connectivity index (χ0) is 68.3. The fourth-order valence-electron chi connectivity index (χ4n) is 6.46. The second-order valence-corrected chi connectivity index (χ2v) is 23.2. The Kier molecular flexibility index (Phi) is 27.5. The maximum atomic E-state index is 10.7. The van der Waals surface area contributed by atoms with Crippen LogP contribution in [0.15, 0.2) is 146 Å². The second-order valence-electron chi connectivity index (χ2n) is 17.8. The van der Waals surface area contributed by atoms with E-state index in [1.165, 1.54) is 50.1 Å². The van der Waals surface area contributed by atoms with E-state index in [4.69, 9.17) is 51.9 Å². The summed E-state index contributed by atoms with van der Waals surface area (Å²) in [4.78, 5) is 10.7. The standard InChI is InChI=1S/C25H25N3.C14H15N2O.C11H12N.4CHF3O3S/c1-26-18-16-20(17-19-26)8-10-22-12-13-23(27(22)2)14-15-24-11-9-21-6-4-5-7-25(21)28(24)3;1-15-9-7-12(8-10-15)3-4-13-5-6-14(11-17)16(13)2;1-9-7-8-10-5-3-4-6-11(10)12(9)2;4*2-1(3,4)8(5,6)7/h4-19H,1-3H3;3-11H,1-2H3;3-8H,1-2H3;4*(H,5,6,7)/q+2;2*+1;;;;/p-4. The molecule has 0 aliphatic heterocycles. The molecule has 0 bridgehead atoms. The number of fused-ring (bicyclic) bond motifs is 2. The van der Waals surface area contributed by atoms with Crippen molar-refractivity contribution in [3.05, 3.63) is 191 Å². The van der Waals surface area contributed by atoms with E-state index in [2.05, 4.69) is 176 Å². The number of pyridine rings is 4. The molecule has 0 aliphatic carbocycles. The normalized spacial score (nSPS) is 12.3. The number of aryl methyl sites for hydroxylation is 5. The summed E-state index contributed by atoms with van der Waals surface area (Å²) in [6, 6.07) is 41.9. The SMILES string of the molecule is Cc1ccc2ccccc2[n+]1C.Cn1c(/C=C/c2cc[n+](C)cc2)ccc1/C=C/c1ccc2ccccc2[n+]1C.Cn1c(C=O)ccc1/C=C/c1cc[n+](C)cc1.O=S(=O)([O-])C(F)(F)F.O=S(=O)([O-])C(F)(F)F.O=S(=O)([O-])C(F)(F)F.O=S(=O)([O-])C(F)(F)F. The van der Waals surface area contributed by atoms with Crippen molar-refractivity contribution in [1.82, 2.24) is 9.13 Å². The number of hydrogen-bond donors (Lipinski definition) is 0. The van der Waals surface area contributed by atoms with E-state index >= 15 is 0 Å². The van der Waals surface area contributed by atoms with Crippen molar-refractivity contribution in [2.24, 2.45) is 42.3 Å². The number of rotatable bonds is 7. The summed E-state index contributed by atoms with van der Waals surface area (Å²) in [5, 5.41) is 2.55. The van der Waals surface area contributed by atoms with Crippen LogP contribution in [-0.2, 0) is 82.8 Å². The number of halogens is 12. The van der Waals surface area contributed by atoms with E-state index in [1.807, 2.05) is 83.7 Å². The highest BCUT2D eigenvalue weighted by atomic mass is 32.2. The van der Waals surface area contributed by atoms with Gasteiger partial charge < -0.3 is 27.3 Å². The Balaban J connectivity index is 0.000000382. The fourth-order valence-corrected chi connectivity index (χ4v) is 6.46. The molecular formula is C54H52F12N6O13S4. The van der Waals surface area contributed by atoms with Gasteiger partial charge in [-0.3, -0.25) is 4.79 Å². The first-order valence-corrected chi connectivity index (χ1v) is 29.8. The van der Waals surface area contributed by atoms with Gasteiger partial charge in [-0.1, -0.05) is 36.4 Å². The van der Waals surface area contributed by atoms with Crippen molar-refractivity contribution < 1.29 is 128 Å². The lowest BCUT2D eigenvalue weighted by Gasteiger charge is -2.08. The molecule has 35 heteroatoms. The van der Waals surface area contributed by atoms with Crippen LogP contribution >= 0.6 is 0 Å². The van der Waals surface area contributed by atoms with Crippen molar-refractivity contribution in [1.29, 1.82) is 0 Å². The average Bonchev–Trinajstić information content (AvgIpc) is 3.86. The highest BCUT2D eigenvalue weighted by Crippen LogP contribution is 2.23. The van der Waals surface area contributed by atoms with Crippen molar-refractivity contribution in [3.8, 4) is 0 Å². The molecular weight excluding hydrogens is 1300 g/mol. The molecule has 0 radical (unpaired) electrons. The number of benzene rings is 2. The number of carbonyl (C=O) groups is 1. The summed E-state index contributed by atoms with van der Waals surface area (Å²) in [5.74, 6) is 0. The molecule has 0 amide bonds. The number of nitrogens with zero attached hydrogens (tertiary/aromatic N) is 6. The number of aldehydes is 1. The first-order chi connectivity index (χ1) is 40.6. The molecule has 8 rings (SSSR count). The van der Waals surface area contributed by atoms with Gasteiger partial charge in [-0.25, -0.2) is 42.8 Å². The first-order valence-electron chi connectivity index (χ1n) is 24.1. The van der Waals surface area contributed by atoms with Gasteiger partial charge in [-0.15, -0.1) is 0 Å². The Bertz CT molecular complexity index is 4080. The number of para-hydroxylation sites is 2. The van der Waals surface area contributed by atoms with E-state index in [-0.39, 0.29) is 0 Å². The molecule has 2 aromatic carbocycles. The molecule has 0 unspecified atom stereocenters. The van der Waals surface area contributed by atoms with Crippen LogP contribution in [0.5, 0.6) is 0 Å². The molecule has 484 valence electrons. The van der Waals surface area contributed by atoms with Gasteiger partial charge in [0.15, 0.2) is 77.2 Å². The molecule has 6 aromatic heterocycles. The zero-order valence-corrected chi connectivity index (χ0v) is 50.3. The predicted molar refractivity (Wildman–Crippen MR) is 296 cm³/mol. The molecule has 0 spiro atoms. The Morgan fingerprint density at radius 3 is 0.978 bits per heavy atom. The number of carbonyl (C=O) groups excluding carboxylic acids is 1. The van der Waals surface area contributed by atoms with Crippen molar-refractivity contribution in [3.63, 3.8) is 0 Å². The number of alkyl halides is 12. The monoisotopic (exact) mass is 1350 g/mol. The lowest BCUT2D eigenvalue weighted by atomic mass is 10.2. The molecule has 6 heterocycles. The molecule has 0 saturated carbocycles. The maximum absolute atomic E-state index is 10.7.